The molecule has 1 heterocycles. The normalized spacial score (nSPS) is 25.1. The van der Waals surface area contributed by atoms with Crippen LogP contribution in [0.25, 0.3) is 0 Å². The van der Waals surface area contributed by atoms with Gasteiger partial charge in [-0.25, -0.2) is 0 Å². The van der Waals surface area contributed by atoms with Gasteiger partial charge < -0.3 is 15.2 Å². The summed E-state index contributed by atoms with van der Waals surface area (Å²) in [5.74, 6) is 1.24. The van der Waals surface area contributed by atoms with E-state index in [4.69, 9.17) is 15.2 Å². The highest BCUT2D eigenvalue weighted by Crippen LogP contribution is 2.36. The van der Waals surface area contributed by atoms with Crippen LogP contribution in [0.3, 0.4) is 0 Å². The fraction of sp³-hybridized carbons (Fsp3) is 0.571. The van der Waals surface area contributed by atoms with Crippen LogP contribution in [-0.4, -0.2) is 19.3 Å². The standard InChI is InChI=1S/C14H20BrNO2/c1-3-17-13-5-4-10(15)8-12(13)14(16)11-6-7-18-9(11)2/h4-5,8-9,11,14H,3,6-7,16H2,1-2H3. The molecule has 1 aromatic carbocycles. The molecule has 1 saturated heterocycles. The van der Waals surface area contributed by atoms with Gasteiger partial charge in [0.2, 0.25) is 0 Å². The van der Waals surface area contributed by atoms with Crippen molar-refractivity contribution in [3.8, 4) is 5.75 Å². The fourth-order valence-corrected chi connectivity index (χ4v) is 2.90. The maximum absolute atomic E-state index is 6.41. The van der Waals surface area contributed by atoms with Gasteiger partial charge in [-0.3, -0.25) is 0 Å². The number of benzene rings is 1. The van der Waals surface area contributed by atoms with Crippen molar-refractivity contribution in [1.29, 1.82) is 0 Å². The van der Waals surface area contributed by atoms with E-state index in [0.717, 1.165) is 28.8 Å². The van der Waals surface area contributed by atoms with E-state index in [-0.39, 0.29) is 12.1 Å². The lowest BCUT2D eigenvalue weighted by atomic mass is 9.88. The first kappa shape index (κ1) is 13.8. The second kappa shape index (κ2) is 6.04. The van der Waals surface area contributed by atoms with Gasteiger partial charge >= 0.3 is 0 Å². The molecule has 3 atom stereocenters. The number of nitrogens with two attached hydrogens (primary N) is 1. The summed E-state index contributed by atoms with van der Waals surface area (Å²) in [6, 6.07) is 5.97. The van der Waals surface area contributed by atoms with Crippen LogP contribution in [0.1, 0.15) is 31.9 Å². The Hall–Kier alpha value is -0.580. The Kier molecular flexibility index (Phi) is 4.65. The molecule has 0 aromatic heterocycles. The van der Waals surface area contributed by atoms with Gasteiger partial charge in [0, 0.05) is 28.6 Å². The number of rotatable bonds is 4. The summed E-state index contributed by atoms with van der Waals surface area (Å²) in [4.78, 5) is 0. The molecule has 0 aliphatic carbocycles. The summed E-state index contributed by atoms with van der Waals surface area (Å²) in [6.07, 6.45) is 1.23. The number of ether oxygens (including phenoxy) is 2. The third-order valence-electron chi connectivity index (χ3n) is 3.53. The summed E-state index contributed by atoms with van der Waals surface area (Å²) in [6.45, 7) is 5.53. The van der Waals surface area contributed by atoms with Crippen molar-refractivity contribution in [1.82, 2.24) is 0 Å². The first-order chi connectivity index (χ1) is 8.63. The third kappa shape index (κ3) is 2.87. The molecule has 0 saturated carbocycles. The molecule has 2 N–H and O–H groups in total. The van der Waals surface area contributed by atoms with Crippen LogP contribution in [0.2, 0.25) is 0 Å². The van der Waals surface area contributed by atoms with Gasteiger partial charge in [0.15, 0.2) is 0 Å². The first-order valence-electron chi connectivity index (χ1n) is 6.43. The lowest BCUT2D eigenvalue weighted by molar-refractivity contribution is 0.0992. The lowest BCUT2D eigenvalue weighted by Gasteiger charge is -2.24. The molecule has 100 valence electrons. The summed E-state index contributed by atoms with van der Waals surface area (Å²) in [5.41, 5.74) is 7.47. The third-order valence-corrected chi connectivity index (χ3v) is 4.02. The zero-order valence-corrected chi connectivity index (χ0v) is 12.4. The van der Waals surface area contributed by atoms with E-state index in [1.54, 1.807) is 0 Å². The zero-order valence-electron chi connectivity index (χ0n) is 10.9. The molecule has 1 aliphatic heterocycles. The molecular formula is C14H20BrNO2. The van der Waals surface area contributed by atoms with Crippen LogP contribution in [0.15, 0.2) is 22.7 Å². The highest BCUT2D eigenvalue weighted by atomic mass is 79.9. The highest BCUT2D eigenvalue weighted by Gasteiger charge is 2.32. The highest BCUT2D eigenvalue weighted by molar-refractivity contribution is 9.10. The molecule has 2 rings (SSSR count). The van der Waals surface area contributed by atoms with Gasteiger partial charge in [0.1, 0.15) is 5.75 Å². The molecule has 18 heavy (non-hydrogen) atoms. The number of hydrogen-bond donors (Lipinski definition) is 1. The van der Waals surface area contributed by atoms with E-state index >= 15 is 0 Å². The Balaban J connectivity index is 2.27. The average molecular weight is 314 g/mol. The molecule has 4 heteroatoms. The van der Waals surface area contributed by atoms with E-state index in [1.165, 1.54) is 0 Å². The minimum absolute atomic E-state index is 0.0402. The molecule has 0 radical (unpaired) electrons. The van der Waals surface area contributed by atoms with E-state index in [0.29, 0.717) is 12.5 Å². The Morgan fingerprint density at radius 1 is 1.56 bits per heavy atom. The Bertz CT molecular complexity index is 411. The van der Waals surface area contributed by atoms with Crippen molar-refractivity contribution in [2.75, 3.05) is 13.2 Å². The van der Waals surface area contributed by atoms with Crippen LogP contribution < -0.4 is 10.5 Å². The molecule has 1 fully saturated rings. The van der Waals surface area contributed by atoms with Gasteiger partial charge in [-0.2, -0.15) is 0 Å². The van der Waals surface area contributed by atoms with E-state index in [9.17, 15) is 0 Å². The topological polar surface area (TPSA) is 44.5 Å². The molecule has 1 aromatic rings. The van der Waals surface area contributed by atoms with Gasteiger partial charge in [0.25, 0.3) is 0 Å². The average Bonchev–Trinajstić information content (AvgIpc) is 2.77. The minimum atomic E-state index is -0.0402. The second-order valence-electron chi connectivity index (χ2n) is 4.67. The van der Waals surface area contributed by atoms with E-state index in [2.05, 4.69) is 28.9 Å². The molecule has 3 nitrogen and oxygen atoms in total. The van der Waals surface area contributed by atoms with Gasteiger partial charge in [-0.1, -0.05) is 15.9 Å². The predicted octanol–water partition coefficient (Wildman–Crippen LogP) is 3.27. The summed E-state index contributed by atoms with van der Waals surface area (Å²) in [7, 11) is 0. The monoisotopic (exact) mass is 313 g/mol. The van der Waals surface area contributed by atoms with Crippen LogP contribution >= 0.6 is 15.9 Å². The van der Waals surface area contributed by atoms with Gasteiger partial charge in [-0.15, -0.1) is 0 Å². The van der Waals surface area contributed by atoms with Crippen molar-refractivity contribution < 1.29 is 9.47 Å². The fourth-order valence-electron chi connectivity index (χ4n) is 2.52. The summed E-state index contributed by atoms with van der Waals surface area (Å²) >= 11 is 3.50. The molecule has 3 unspecified atom stereocenters. The molecular weight excluding hydrogens is 294 g/mol. The van der Waals surface area contributed by atoms with E-state index in [1.807, 2.05) is 19.1 Å². The molecule has 0 spiro atoms. The van der Waals surface area contributed by atoms with Crippen molar-refractivity contribution >= 4 is 15.9 Å². The Morgan fingerprint density at radius 2 is 2.33 bits per heavy atom. The number of hydrogen-bond acceptors (Lipinski definition) is 3. The Morgan fingerprint density at radius 3 is 2.94 bits per heavy atom. The molecule has 0 bridgehead atoms. The van der Waals surface area contributed by atoms with Crippen LogP contribution in [0, 0.1) is 5.92 Å². The maximum Gasteiger partial charge on any atom is 0.124 e. The summed E-state index contributed by atoms with van der Waals surface area (Å²) < 4.78 is 12.3. The minimum Gasteiger partial charge on any atom is -0.494 e. The molecule has 0 amide bonds. The second-order valence-corrected chi connectivity index (χ2v) is 5.59. The SMILES string of the molecule is CCOc1ccc(Br)cc1C(N)C1CCOC1C. The largest absolute Gasteiger partial charge is 0.494 e. The Labute approximate surface area is 117 Å². The lowest BCUT2D eigenvalue weighted by Crippen LogP contribution is -2.27. The van der Waals surface area contributed by atoms with Crippen molar-refractivity contribution in [3.63, 3.8) is 0 Å². The quantitative estimate of drug-likeness (QED) is 0.927. The first-order valence-corrected chi connectivity index (χ1v) is 7.22. The maximum atomic E-state index is 6.41. The molecule has 1 aliphatic rings. The van der Waals surface area contributed by atoms with Gasteiger partial charge in [-0.05, 0) is 38.5 Å². The van der Waals surface area contributed by atoms with Crippen molar-refractivity contribution in [2.24, 2.45) is 11.7 Å². The summed E-state index contributed by atoms with van der Waals surface area (Å²) in [5, 5.41) is 0. The van der Waals surface area contributed by atoms with Crippen LogP contribution in [0.4, 0.5) is 0 Å². The van der Waals surface area contributed by atoms with Gasteiger partial charge in [0.05, 0.1) is 12.7 Å². The van der Waals surface area contributed by atoms with Crippen LogP contribution in [0.5, 0.6) is 5.75 Å². The predicted molar refractivity (Wildman–Crippen MR) is 75.8 cm³/mol. The van der Waals surface area contributed by atoms with Crippen molar-refractivity contribution in [2.45, 2.75) is 32.4 Å². The van der Waals surface area contributed by atoms with Crippen LogP contribution in [-0.2, 0) is 4.74 Å². The zero-order chi connectivity index (χ0) is 13.1. The van der Waals surface area contributed by atoms with E-state index < -0.39 is 0 Å². The van der Waals surface area contributed by atoms with Crippen molar-refractivity contribution in [3.05, 3.63) is 28.2 Å². The smallest absolute Gasteiger partial charge is 0.124 e. The number of halogens is 1.